The number of ether oxygens (including phenoxy) is 1. The molecule has 2 aromatic carbocycles. The number of carbonyl (C=O) groups excluding carboxylic acids is 1. The fraction of sp³-hybridized carbons (Fsp3) is 0.500. The lowest BCUT2D eigenvalue weighted by Gasteiger charge is -2.27. The molecule has 0 radical (unpaired) electrons. The Morgan fingerprint density at radius 2 is 1.90 bits per heavy atom. The summed E-state index contributed by atoms with van der Waals surface area (Å²) in [5.74, 6) is -0.103. The highest BCUT2D eigenvalue weighted by Gasteiger charge is 2.21. The number of rotatable bonds is 8. The minimum Gasteiger partial charge on any atom is -0.465 e. The molecule has 30 heavy (non-hydrogen) atoms. The van der Waals surface area contributed by atoms with Gasteiger partial charge in [0.2, 0.25) is 0 Å². The maximum atomic E-state index is 14.9. The quantitative estimate of drug-likeness (QED) is 0.509. The van der Waals surface area contributed by atoms with E-state index >= 15 is 0 Å². The van der Waals surface area contributed by atoms with E-state index in [0.29, 0.717) is 18.2 Å². The number of nitrogens with one attached hydrogen (secondary N) is 1. The Morgan fingerprint density at radius 1 is 1.17 bits per heavy atom. The van der Waals surface area contributed by atoms with Crippen LogP contribution in [0.4, 0.5) is 4.39 Å². The van der Waals surface area contributed by atoms with Crippen LogP contribution in [0.25, 0.3) is 11.1 Å². The molecule has 1 N–H and O–H groups in total. The zero-order chi connectivity index (χ0) is 21.5. The van der Waals surface area contributed by atoms with E-state index in [1.807, 2.05) is 37.3 Å². The third-order valence-electron chi connectivity index (χ3n) is 6.44. The first-order chi connectivity index (χ1) is 14.5. The third-order valence-corrected chi connectivity index (χ3v) is 6.44. The number of hydrogen-bond acceptors (Lipinski definition) is 3. The van der Waals surface area contributed by atoms with Crippen molar-refractivity contribution < 1.29 is 13.9 Å². The van der Waals surface area contributed by atoms with E-state index in [0.717, 1.165) is 35.4 Å². The van der Waals surface area contributed by atoms with Gasteiger partial charge in [-0.3, -0.25) is 0 Å². The third kappa shape index (κ3) is 5.48. The number of benzene rings is 2. The van der Waals surface area contributed by atoms with Gasteiger partial charge in [0.1, 0.15) is 5.82 Å². The molecule has 1 aliphatic rings. The molecular weight excluding hydrogens is 377 g/mol. The van der Waals surface area contributed by atoms with Gasteiger partial charge in [0.05, 0.1) is 12.7 Å². The van der Waals surface area contributed by atoms with Gasteiger partial charge in [0.25, 0.3) is 0 Å². The molecule has 162 valence electrons. The highest BCUT2D eigenvalue weighted by molar-refractivity contribution is 5.97. The van der Waals surface area contributed by atoms with Gasteiger partial charge in [-0.05, 0) is 54.5 Å². The number of halogens is 1. The second-order valence-corrected chi connectivity index (χ2v) is 8.52. The summed E-state index contributed by atoms with van der Waals surface area (Å²) < 4.78 is 19.8. The second-order valence-electron chi connectivity index (χ2n) is 8.52. The predicted octanol–water partition coefficient (Wildman–Crippen LogP) is 6.43. The summed E-state index contributed by atoms with van der Waals surface area (Å²) in [5.41, 5.74) is 3.54. The van der Waals surface area contributed by atoms with Gasteiger partial charge >= 0.3 is 5.97 Å². The molecule has 2 aromatic rings. The van der Waals surface area contributed by atoms with Crippen molar-refractivity contribution in [1.82, 2.24) is 5.32 Å². The van der Waals surface area contributed by atoms with Crippen molar-refractivity contribution >= 4 is 5.97 Å². The molecule has 1 aliphatic carbocycles. The van der Waals surface area contributed by atoms with E-state index in [-0.39, 0.29) is 11.4 Å². The maximum Gasteiger partial charge on any atom is 0.338 e. The minimum atomic E-state index is -0.518. The van der Waals surface area contributed by atoms with Crippen molar-refractivity contribution in [1.29, 1.82) is 0 Å². The van der Waals surface area contributed by atoms with Crippen molar-refractivity contribution in [3.63, 3.8) is 0 Å². The van der Waals surface area contributed by atoms with Crippen LogP contribution in [0.3, 0.4) is 0 Å². The average Bonchev–Trinajstić information content (AvgIpc) is 2.77. The summed E-state index contributed by atoms with van der Waals surface area (Å²) in [6.45, 7) is 4.64. The van der Waals surface area contributed by atoms with Crippen LogP contribution >= 0.6 is 0 Å². The fourth-order valence-electron chi connectivity index (χ4n) is 4.60. The number of hydrogen-bond donors (Lipinski definition) is 1. The summed E-state index contributed by atoms with van der Waals surface area (Å²) in [6, 6.07) is 11.4. The van der Waals surface area contributed by atoms with Crippen molar-refractivity contribution in [3.8, 4) is 11.1 Å². The molecule has 0 aliphatic heterocycles. The molecule has 1 unspecified atom stereocenters. The standard InChI is InChI=1S/C26H34FNO2/c1-4-21(14-19-11-6-5-7-12-19)28-17-20-15-23(22-13-9-8-10-18(22)2)24(16-25(20)27)26(29)30-3/h8-10,13,15-16,19,21,28H,4-7,11-12,14,17H2,1-3H3. The van der Waals surface area contributed by atoms with Crippen molar-refractivity contribution in [3.05, 3.63) is 58.9 Å². The monoisotopic (exact) mass is 411 g/mol. The number of methoxy groups -OCH3 is 1. The normalized spacial score (nSPS) is 15.7. The van der Waals surface area contributed by atoms with E-state index in [9.17, 15) is 9.18 Å². The molecule has 0 aromatic heterocycles. The Bertz CT molecular complexity index is 858. The van der Waals surface area contributed by atoms with Gasteiger partial charge in [-0.1, -0.05) is 63.3 Å². The Balaban J connectivity index is 1.83. The molecule has 0 spiro atoms. The van der Waals surface area contributed by atoms with Crippen LogP contribution < -0.4 is 5.32 Å². The minimum absolute atomic E-state index is 0.266. The lowest BCUT2D eigenvalue weighted by Crippen LogP contribution is -2.31. The van der Waals surface area contributed by atoms with Crippen LogP contribution in [0.2, 0.25) is 0 Å². The molecule has 3 rings (SSSR count). The van der Waals surface area contributed by atoms with Gasteiger partial charge in [-0.15, -0.1) is 0 Å². The van der Waals surface area contributed by atoms with Gasteiger partial charge in [-0.2, -0.15) is 0 Å². The largest absolute Gasteiger partial charge is 0.465 e. The predicted molar refractivity (Wildman–Crippen MR) is 120 cm³/mol. The zero-order valence-electron chi connectivity index (χ0n) is 18.5. The molecule has 1 fully saturated rings. The molecule has 1 saturated carbocycles. The molecule has 0 amide bonds. The molecule has 0 bridgehead atoms. The van der Waals surface area contributed by atoms with Gasteiger partial charge in [0.15, 0.2) is 0 Å². The van der Waals surface area contributed by atoms with Gasteiger partial charge < -0.3 is 10.1 Å². The van der Waals surface area contributed by atoms with E-state index in [1.165, 1.54) is 45.3 Å². The van der Waals surface area contributed by atoms with Crippen LogP contribution in [0, 0.1) is 18.7 Å². The molecule has 0 saturated heterocycles. The van der Waals surface area contributed by atoms with Crippen LogP contribution in [0.5, 0.6) is 0 Å². The Kier molecular flexibility index (Phi) is 8.03. The van der Waals surface area contributed by atoms with E-state index in [4.69, 9.17) is 4.74 Å². The average molecular weight is 412 g/mol. The molecule has 0 heterocycles. The first-order valence-corrected chi connectivity index (χ1v) is 11.2. The summed E-state index contributed by atoms with van der Waals surface area (Å²) in [7, 11) is 1.33. The van der Waals surface area contributed by atoms with E-state index in [2.05, 4.69) is 12.2 Å². The Hall–Kier alpha value is -2.20. The van der Waals surface area contributed by atoms with Crippen LogP contribution in [-0.2, 0) is 11.3 Å². The molecule has 1 atom stereocenters. The van der Waals surface area contributed by atoms with Crippen molar-refractivity contribution in [2.45, 2.75) is 71.4 Å². The highest BCUT2D eigenvalue weighted by atomic mass is 19.1. The van der Waals surface area contributed by atoms with Crippen LogP contribution in [-0.4, -0.2) is 19.1 Å². The smallest absolute Gasteiger partial charge is 0.338 e. The lowest BCUT2D eigenvalue weighted by molar-refractivity contribution is 0.0601. The van der Waals surface area contributed by atoms with Crippen LogP contribution in [0.15, 0.2) is 36.4 Å². The van der Waals surface area contributed by atoms with Gasteiger partial charge in [0, 0.05) is 18.2 Å². The summed E-state index contributed by atoms with van der Waals surface area (Å²) in [4.78, 5) is 12.3. The fourth-order valence-corrected chi connectivity index (χ4v) is 4.60. The molecular formula is C26H34FNO2. The number of aryl methyl sites for hydroxylation is 1. The SMILES string of the molecule is CCC(CC1CCCCC1)NCc1cc(-c2ccccc2C)c(C(=O)OC)cc1F. The van der Waals surface area contributed by atoms with Crippen molar-refractivity contribution in [2.24, 2.45) is 5.92 Å². The Morgan fingerprint density at radius 3 is 2.57 bits per heavy atom. The second kappa shape index (κ2) is 10.7. The lowest BCUT2D eigenvalue weighted by atomic mass is 9.84. The van der Waals surface area contributed by atoms with E-state index in [1.54, 1.807) is 0 Å². The Labute approximate surface area is 180 Å². The van der Waals surface area contributed by atoms with Gasteiger partial charge in [-0.25, -0.2) is 9.18 Å². The maximum absolute atomic E-state index is 14.9. The topological polar surface area (TPSA) is 38.3 Å². The first kappa shape index (κ1) is 22.5. The summed E-state index contributed by atoms with van der Waals surface area (Å²) in [5, 5.41) is 3.57. The highest BCUT2D eigenvalue weighted by Crippen LogP contribution is 2.31. The number of carbonyl (C=O) groups is 1. The molecule has 4 heteroatoms. The van der Waals surface area contributed by atoms with Crippen molar-refractivity contribution in [2.75, 3.05) is 7.11 Å². The zero-order valence-corrected chi connectivity index (χ0v) is 18.5. The first-order valence-electron chi connectivity index (χ1n) is 11.2. The summed E-state index contributed by atoms with van der Waals surface area (Å²) in [6.07, 6.45) is 8.86. The van der Waals surface area contributed by atoms with Crippen LogP contribution in [0.1, 0.15) is 73.4 Å². The summed E-state index contributed by atoms with van der Waals surface area (Å²) >= 11 is 0. The number of esters is 1. The molecule has 3 nitrogen and oxygen atoms in total. The van der Waals surface area contributed by atoms with E-state index < -0.39 is 5.97 Å².